The molecule has 1 heterocycles. The highest BCUT2D eigenvalue weighted by Crippen LogP contribution is 2.34. The topological polar surface area (TPSA) is 61.4 Å². The predicted octanol–water partition coefficient (Wildman–Crippen LogP) is 4.62. The maximum absolute atomic E-state index is 13.0. The SMILES string of the molecule is CCCCNC(=O)N1CC(C(=O)NCCc2ccccc2)CCC1c1cccc(C)c1. The minimum atomic E-state index is -0.172. The lowest BCUT2D eigenvalue weighted by Gasteiger charge is -2.39. The van der Waals surface area contributed by atoms with Crippen LogP contribution >= 0.6 is 0 Å². The van der Waals surface area contributed by atoms with Gasteiger partial charge in [0.1, 0.15) is 0 Å². The van der Waals surface area contributed by atoms with E-state index in [1.807, 2.05) is 29.2 Å². The van der Waals surface area contributed by atoms with E-state index in [1.165, 1.54) is 11.1 Å². The molecule has 2 aromatic carbocycles. The summed E-state index contributed by atoms with van der Waals surface area (Å²) in [6.07, 6.45) is 4.38. The van der Waals surface area contributed by atoms with Crippen molar-refractivity contribution in [2.24, 2.45) is 5.92 Å². The van der Waals surface area contributed by atoms with Gasteiger partial charge in [-0.15, -0.1) is 0 Å². The number of urea groups is 1. The molecule has 1 aliphatic heterocycles. The fourth-order valence-electron chi connectivity index (χ4n) is 4.23. The quantitative estimate of drug-likeness (QED) is 0.611. The summed E-state index contributed by atoms with van der Waals surface area (Å²) in [5, 5.41) is 6.13. The molecule has 3 rings (SSSR count). The largest absolute Gasteiger partial charge is 0.355 e. The van der Waals surface area contributed by atoms with E-state index in [0.29, 0.717) is 19.6 Å². The maximum Gasteiger partial charge on any atom is 0.317 e. The zero-order chi connectivity index (χ0) is 22.1. The Kier molecular flexibility index (Phi) is 8.51. The van der Waals surface area contributed by atoms with Crippen LogP contribution in [-0.4, -0.2) is 36.5 Å². The highest BCUT2D eigenvalue weighted by molar-refractivity contribution is 5.81. The summed E-state index contributed by atoms with van der Waals surface area (Å²) in [6.45, 7) is 5.91. The Bertz CT molecular complexity index is 853. The Morgan fingerprint density at radius 2 is 1.81 bits per heavy atom. The summed E-state index contributed by atoms with van der Waals surface area (Å²) in [5.41, 5.74) is 3.54. The molecule has 0 radical (unpaired) electrons. The number of likely N-dealkylation sites (tertiary alicyclic amines) is 1. The summed E-state index contributed by atoms with van der Waals surface area (Å²) in [7, 11) is 0. The van der Waals surface area contributed by atoms with Gasteiger partial charge in [-0.3, -0.25) is 4.79 Å². The van der Waals surface area contributed by atoms with Crippen LogP contribution in [0.3, 0.4) is 0 Å². The van der Waals surface area contributed by atoms with Crippen molar-refractivity contribution in [1.82, 2.24) is 15.5 Å². The second-order valence-electron chi connectivity index (χ2n) is 8.47. The van der Waals surface area contributed by atoms with E-state index in [2.05, 4.69) is 54.8 Å². The standard InChI is InChI=1S/C26H35N3O2/c1-3-4-16-28-26(31)29-19-23(13-14-24(29)22-12-8-9-20(2)18-22)25(30)27-17-15-21-10-6-5-7-11-21/h5-12,18,23-24H,3-4,13-17,19H2,1-2H3,(H,27,30)(H,28,31). The number of hydrogen-bond donors (Lipinski definition) is 2. The van der Waals surface area contributed by atoms with Gasteiger partial charge in [-0.1, -0.05) is 73.5 Å². The van der Waals surface area contributed by atoms with Crippen LogP contribution in [0.4, 0.5) is 4.79 Å². The molecule has 5 nitrogen and oxygen atoms in total. The average Bonchev–Trinajstić information content (AvgIpc) is 2.79. The van der Waals surface area contributed by atoms with E-state index in [-0.39, 0.29) is 23.9 Å². The number of carbonyl (C=O) groups is 2. The number of benzene rings is 2. The molecule has 1 saturated heterocycles. The number of hydrogen-bond acceptors (Lipinski definition) is 2. The van der Waals surface area contributed by atoms with Crippen LogP contribution in [0.5, 0.6) is 0 Å². The maximum atomic E-state index is 13.0. The third kappa shape index (κ3) is 6.58. The molecule has 1 aliphatic rings. The summed E-state index contributed by atoms with van der Waals surface area (Å²) >= 11 is 0. The van der Waals surface area contributed by atoms with Gasteiger partial charge in [0.15, 0.2) is 0 Å². The van der Waals surface area contributed by atoms with Gasteiger partial charge in [0, 0.05) is 19.6 Å². The van der Waals surface area contributed by atoms with E-state index in [1.54, 1.807) is 0 Å². The van der Waals surface area contributed by atoms with Crippen molar-refractivity contribution in [3.05, 3.63) is 71.3 Å². The average molecular weight is 422 g/mol. The number of nitrogens with one attached hydrogen (secondary N) is 2. The van der Waals surface area contributed by atoms with E-state index < -0.39 is 0 Å². The lowest BCUT2D eigenvalue weighted by Crippen LogP contribution is -2.50. The Balaban J connectivity index is 1.63. The molecule has 2 N–H and O–H groups in total. The van der Waals surface area contributed by atoms with Crippen LogP contribution in [0.15, 0.2) is 54.6 Å². The van der Waals surface area contributed by atoms with Crippen LogP contribution in [0.25, 0.3) is 0 Å². The van der Waals surface area contributed by atoms with Crippen molar-refractivity contribution >= 4 is 11.9 Å². The number of piperidine rings is 1. The fraction of sp³-hybridized carbons (Fsp3) is 0.462. The van der Waals surface area contributed by atoms with Crippen molar-refractivity contribution in [3.8, 4) is 0 Å². The van der Waals surface area contributed by atoms with Crippen LogP contribution in [0.1, 0.15) is 55.3 Å². The Labute approximate surface area is 186 Å². The Hall–Kier alpha value is -2.82. The zero-order valence-corrected chi connectivity index (χ0v) is 18.8. The van der Waals surface area contributed by atoms with E-state index in [0.717, 1.165) is 37.7 Å². The molecule has 2 aromatic rings. The molecule has 3 amide bonds. The lowest BCUT2D eigenvalue weighted by atomic mass is 9.88. The van der Waals surface area contributed by atoms with Gasteiger partial charge in [-0.05, 0) is 43.7 Å². The van der Waals surface area contributed by atoms with Crippen LogP contribution < -0.4 is 10.6 Å². The fourth-order valence-corrected chi connectivity index (χ4v) is 4.23. The molecule has 2 unspecified atom stereocenters. The highest BCUT2D eigenvalue weighted by Gasteiger charge is 2.35. The highest BCUT2D eigenvalue weighted by atomic mass is 16.2. The number of unbranched alkanes of at least 4 members (excludes halogenated alkanes) is 1. The molecule has 0 saturated carbocycles. The minimum absolute atomic E-state index is 0.00916. The lowest BCUT2D eigenvalue weighted by molar-refractivity contribution is -0.126. The van der Waals surface area contributed by atoms with Gasteiger partial charge in [0.2, 0.25) is 5.91 Å². The number of aryl methyl sites for hydroxylation is 1. The number of amides is 3. The van der Waals surface area contributed by atoms with Crippen molar-refractivity contribution in [1.29, 1.82) is 0 Å². The van der Waals surface area contributed by atoms with E-state index in [9.17, 15) is 9.59 Å². The van der Waals surface area contributed by atoms with Crippen LogP contribution in [0.2, 0.25) is 0 Å². The van der Waals surface area contributed by atoms with Gasteiger partial charge >= 0.3 is 6.03 Å². The molecule has 166 valence electrons. The Morgan fingerprint density at radius 3 is 2.55 bits per heavy atom. The molecule has 0 aliphatic carbocycles. The first-order chi connectivity index (χ1) is 15.1. The van der Waals surface area contributed by atoms with Gasteiger partial charge in [-0.25, -0.2) is 4.79 Å². The molecule has 2 atom stereocenters. The monoisotopic (exact) mass is 421 g/mol. The first-order valence-corrected chi connectivity index (χ1v) is 11.5. The van der Waals surface area contributed by atoms with Crippen molar-refractivity contribution in [2.45, 2.75) is 52.0 Å². The van der Waals surface area contributed by atoms with Crippen molar-refractivity contribution in [3.63, 3.8) is 0 Å². The molecule has 31 heavy (non-hydrogen) atoms. The number of nitrogens with zero attached hydrogens (tertiary/aromatic N) is 1. The van der Waals surface area contributed by atoms with Crippen LogP contribution in [0, 0.1) is 12.8 Å². The van der Waals surface area contributed by atoms with Gasteiger partial charge in [-0.2, -0.15) is 0 Å². The summed E-state index contributed by atoms with van der Waals surface area (Å²) in [5.74, 6) is -0.126. The number of carbonyl (C=O) groups excluding carboxylic acids is 2. The van der Waals surface area contributed by atoms with Gasteiger partial charge in [0.05, 0.1) is 12.0 Å². The third-order valence-electron chi connectivity index (χ3n) is 6.00. The number of rotatable bonds is 8. The summed E-state index contributed by atoms with van der Waals surface area (Å²) in [4.78, 5) is 27.7. The molecule has 0 aromatic heterocycles. The second-order valence-corrected chi connectivity index (χ2v) is 8.47. The minimum Gasteiger partial charge on any atom is -0.355 e. The zero-order valence-electron chi connectivity index (χ0n) is 18.8. The summed E-state index contributed by atoms with van der Waals surface area (Å²) in [6, 6.07) is 18.5. The molecule has 1 fully saturated rings. The van der Waals surface area contributed by atoms with Crippen LogP contribution in [-0.2, 0) is 11.2 Å². The first-order valence-electron chi connectivity index (χ1n) is 11.5. The molecular weight excluding hydrogens is 386 g/mol. The van der Waals surface area contributed by atoms with E-state index >= 15 is 0 Å². The van der Waals surface area contributed by atoms with E-state index in [4.69, 9.17) is 0 Å². The smallest absolute Gasteiger partial charge is 0.317 e. The second kappa shape index (κ2) is 11.5. The van der Waals surface area contributed by atoms with Gasteiger partial charge < -0.3 is 15.5 Å². The normalized spacial score (nSPS) is 18.5. The van der Waals surface area contributed by atoms with Gasteiger partial charge in [0.25, 0.3) is 0 Å². The Morgan fingerprint density at radius 1 is 1.00 bits per heavy atom. The summed E-state index contributed by atoms with van der Waals surface area (Å²) < 4.78 is 0. The predicted molar refractivity (Wildman–Crippen MR) is 125 cm³/mol. The first kappa shape index (κ1) is 22.9. The molecule has 5 heteroatoms. The van der Waals surface area contributed by atoms with Crippen molar-refractivity contribution < 1.29 is 9.59 Å². The van der Waals surface area contributed by atoms with Crippen molar-refractivity contribution in [2.75, 3.05) is 19.6 Å². The molecule has 0 bridgehead atoms. The molecular formula is C26H35N3O2. The molecule has 0 spiro atoms. The third-order valence-corrected chi connectivity index (χ3v) is 6.00.